The number of aliphatic hydroxyl groups excluding tert-OH is 1. The average Bonchev–Trinajstić information content (AvgIpc) is 2.79. The van der Waals surface area contributed by atoms with E-state index in [2.05, 4.69) is 37.9 Å². The molecule has 1 aromatic heterocycles. The second-order valence-corrected chi connectivity index (χ2v) is 5.24. The fourth-order valence-electron chi connectivity index (χ4n) is 2.28. The fourth-order valence-corrected chi connectivity index (χ4v) is 2.28. The molecule has 0 saturated carbocycles. The number of nitrogens with zero attached hydrogens (tertiary/aromatic N) is 2. The van der Waals surface area contributed by atoms with Gasteiger partial charge in [0.15, 0.2) is 0 Å². The summed E-state index contributed by atoms with van der Waals surface area (Å²) >= 11 is 0. The van der Waals surface area contributed by atoms with Gasteiger partial charge < -0.3 is 9.67 Å². The molecule has 1 atom stereocenters. The Hall–Kier alpha value is -1.61. The Labute approximate surface area is 114 Å². The highest BCUT2D eigenvalue weighted by atomic mass is 16.3. The molecule has 1 N–H and O–H groups in total. The number of imidazole rings is 1. The summed E-state index contributed by atoms with van der Waals surface area (Å²) in [6.07, 6.45) is 2.02. The van der Waals surface area contributed by atoms with Crippen molar-refractivity contribution in [3.63, 3.8) is 0 Å². The Bertz CT molecular complexity index is 540. The van der Waals surface area contributed by atoms with Gasteiger partial charge in [0, 0.05) is 13.5 Å². The maximum absolute atomic E-state index is 10.5. The quantitative estimate of drug-likeness (QED) is 0.914. The van der Waals surface area contributed by atoms with Crippen molar-refractivity contribution in [1.82, 2.24) is 9.55 Å². The standard InChI is InChI=1S/C16H22N2O/c1-5-15-17-10-14(18(15)4)16(19)13-8-6-12(7-9-13)11(2)3/h6-11,16,19H,5H2,1-4H3/t16-/m1/s1. The molecule has 19 heavy (non-hydrogen) atoms. The van der Waals surface area contributed by atoms with Crippen molar-refractivity contribution in [2.75, 3.05) is 0 Å². The molecule has 2 aromatic rings. The van der Waals surface area contributed by atoms with Crippen LogP contribution in [0.3, 0.4) is 0 Å². The van der Waals surface area contributed by atoms with Crippen LogP contribution >= 0.6 is 0 Å². The highest BCUT2D eigenvalue weighted by Gasteiger charge is 2.16. The number of benzene rings is 1. The summed E-state index contributed by atoms with van der Waals surface area (Å²) in [5.74, 6) is 1.50. The third kappa shape index (κ3) is 2.71. The van der Waals surface area contributed by atoms with Crippen molar-refractivity contribution in [2.45, 2.75) is 39.2 Å². The molecule has 0 spiro atoms. The minimum atomic E-state index is -0.612. The maximum Gasteiger partial charge on any atom is 0.121 e. The van der Waals surface area contributed by atoms with E-state index in [0.29, 0.717) is 5.92 Å². The Kier molecular flexibility index (Phi) is 4.05. The van der Waals surface area contributed by atoms with Crippen LogP contribution in [0.25, 0.3) is 0 Å². The van der Waals surface area contributed by atoms with Crippen molar-refractivity contribution in [2.24, 2.45) is 7.05 Å². The lowest BCUT2D eigenvalue weighted by atomic mass is 9.99. The summed E-state index contributed by atoms with van der Waals surface area (Å²) in [6, 6.07) is 8.16. The number of aromatic nitrogens is 2. The van der Waals surface area contributed by atoms with E-state index in [4.69, 9.17) is 0 Å². The molecular weight excluding hydrogens is 236 g/mol. The van der Waals surface area contributed by atoms with Gasteiger partial charge in [-0.3, -0.25) is 0 Å². The largest absolute Gasteiger partial charge is 0.382 e. The second-order valence-electron chi connectivity index (χ2n) is 5.24. The van der Waals surface area contributed by atoms with E-state index in [1.54, 1.807) is 6.20 Å². The number of hydrogen-bond donors (Lipinski definition) is 1. The Morgan fingerprint density at radius 1 is 1.16 bits per heavy atom. The fraction of sp³-hybridized carbons (Fsp3) is 0.438. The molecule has 0 radical (unpaired) electrons. The lowest BCUT2D eigenvalue weighted by Crippen LogP contribution is -2.07. The summed E-state index contributed by atoms with van der Waals surface area (Å²) in [5.41, 5.74) is 3.04. The van der Waals surface area contributed by atoms with Crippen LogP contribution in [0.15, 0.2) is 30.5 Å². The van der Waals surface area contributed by atoms with Crippen LogP contribution in [0.4, 0.5) is 0 Å². The van der Waals surface area contributed by atoms with E-state index < -0.39 is 6.10 Å². The zero-order chi connectivity index (χ0) is 14.0. The molecule has 0 amide bonds. The highest BCUT2D eigenvalue weighted by Crippen LogP contribution is 2.24. The van der Waals surface area contributed by atoms with Crippen molar-refractivity contribution in [1.29, 1.82) is 0 Å². The molecule has 1 heterocycles. The average molecular weight is 258 g/mol. The van der Waals surface area contributed by atoms with E-state index >= 15 is 0 Å². The minimum Gasteiger partial charge on any atom is -0.382 e. The van der Waals surface area contributed by atoms with Gasteiger partial charge >= 0.3 is 0 Å². The van der Waals surface area contributed by atoms with Crippen LogP contribution < -0.4 is 0 Å². The number of aliphatic hydroxyl groups is 1. The Balaban J connectivity index is 2.28. The second kappa shape index (κ2) is 5.57. The van der Waals surface area contributed by atoms with Crippen LogP contribution in [0.5, 0.6) is 0 Å². The third-order valence-corrected chi connectivity index (χ3v) is 3.64. The summed E-state index contributed by atoms with van der Waals surface area (Å²) in [4.78, 5) is 4.33. The molecule has 0 unspecified atom stereocenters. The SMILES string of the molecule is CCc1ncc([C@H](O)c2ccc(C(C)C)cc2)n1C. The molecule has 3 heteroatoms. The van der Waals surface area contributed by atoms with Gasteiger partial charge in [0.1, 0.15) is 11.9 Å². The lowest BCUT2D eigenvalue weighted by Gasteiger charge is -2.14. The molecule has 2 rings (SSSR count). The lowest BCUT2D eigenvalue weighted by molar-refractivity contribution is 0.211. The van der Waals surface area contributed by atoms with Crippen molar-refractivity contribution in [3.05, 3.63) is 53.1 Å². The van der Waals surface area contributed by atoms with Gasteiger partial charge in [-0.15, -0.1) is 0 Å². The van der Waals surface area contributed by atoms with Gasteiger partial charge in [0.25, 0.3) is 0 Å². The molecule has 0 aliphatic heterocycles. The predicted molar refractivity (Wildman–Crippen MR) is 77.2 cm³/mol. The van der Waals surface area contributed by atoms with E-state index in [1.807, 2.05) is 23.7 Å². The van der Waals surface area contributed by atoms with E-state index in [-0.39, 0.29) is 0 Å². The van der Waals surface area contributed by atoms with Crippen LogP contribution in [-0.2, 0) is 13.5 Å². The Morgan fingerprint density at radius 2 is 1.74 bits per heavy atom. The first-order valence-corrected chi connectivity index (χ1v) is 6.83. The third-order valence-electron chi connectivity index (χ3n) is 3.64. The van der Waals surface area contributed by atoms with Crippen LogP contribution in [-0.4, -0.2) is 14.7 Å². The molecule has 0 aliphatic rings. The zero-order valence-electron chi connectivity index (χ0n) is 12.1. The molecule has 1 aromatic carbocycles. The van der Waals surface area contributed by atoms with E-state index in [9.17, 15) is 5.11 Å². The van der Waals surface area contributed by atoms with Crippen molar-refractivity contribution < 1.29 is 5.11 Å². The topological polar surface area (TPSA) is 38.1 Å². The van der Waals surface area contributed by atoms with Gasteiger partial charge in [0.05, 0.1) is 11.9 Å². The molecular formula is C16H22N2O. The summed E-state index contributed by atoms with van der Waals surface area (Å²) in [6.45, 7) is 6.40. The van der Waals surface area contributed by atoms with Crippen LogP contribution in [0.1, 0.15) is 55.4 Å². The smallest absolute Gasteiger partial charge is 0.121 e. The van der Waals surface area contributed by atoms with Gasteiger partial charge in [0.2, 0.25) is 0 Å². The van der Waals surface area contributed by atoms with Crippen LogP contribution in [0.2, 0.25) is 0 Å². The summed E-state index contributed by atoms with van der Waals surface area (Å²) in [5, 5.41) is 10.5. The minimum absolute atomic E-state index is 0.509. The first-order chi connectivity index (χ1) is 9.04. The zero-order valence-corrected chi connectivity index (χ0v) is 12.1. The summed E-state index contributed by atoms with van der Waals surface area (Å²) in [7, 11) is 1.95. The molecule has 0 saturated heterocycles. The number of rotatable bonds is 4. The number of hydrogen-bond acceptors (Lipinski definition) is 2. The van der Waals surface area contributed by atoms with Gasteiger partial charge in [-0.1, -0.05) is 45.0 Å². The van der Waals surface area contributed by atoms with E-state index in [1.165, 1.54) is 5.56 Å². The van der Waals surface area contributed by atoms with Crippen molar-refractivity contribution >= 4 is 0 Å². The van der Waals surface area contributed by atoms with Gasteiger partial charge in [-0.2, -0.15) is 0 Å². The monoisotopic (exact) mass is 258 g/mol. The normalized spacial score (nSPS) is 12.9. The molecule has 0 fully saturated rings. The molecule has 3 nitrogen and oxygen atoms in total. The number of aryl methyl sites for hydroxylation is 1. The Morgan fingerprint density at radius 3 is 2.21 bits per heavy atom. The van der Waals surface area contributed by atoms with Gasteiger partial charge in [-0.25, -0.2) is 4.98 Å². The maximum atomic E-state index is 10.5. The highest BCUT2D eigenvalue weighted by molar-refractivity contribution is 5.30. The molecule has 0 aliphatic carbocycles. The first kappa shape index (κ1) is 13.8. The van der Waals surface area contributed by atoms with Crippen molar-refractivity contribution in [3.8, 4) is 0 Å². The predicted octanol–water partition coefficient (Wildman–Crippen LogP) is 3.19. The molecule has 0 bridgehead atoms. The summed E-state index contributed by atoms with van der Waals surface area (Å²) < 4.78 is 1.97. The van der Waals surface area contributed by atoms with Gasteiger partial charge in [-0.05, 0) is 17.0 Å². The molecule has 102 valence electrons. The van der Waals surface area contributed by atoms with E-state index in [0.717, 1.165) is 23.5 Å². The first-order valence-electron chi connectivity index (χ1n) is 6.83. The van der Waals surface area contributed by atoms with Crippen LogP contribution in [0, 0.1) is 0 Å².